The number of methoxy groups -OCH3 is 1. The van der Waals surface area contributed by atoms with Crippen LogP contribution in [0, 0.1) is 11.7 Å². The fourth-order valence-electron chi connectivity index (χ4n) is 5.15. The number of allylic oxidation sites excluding steroid dienone is 2. The van der Waals surface area contributed by atoms with Crippen LogP contribution in [0.3, 0.4) is 0 Å². The molecule has 0 heterocycles. The first-order valence-corrected chi connectivity index (χ1v) is 12.7. The molecule has 0 radical (unpaired) electrons. The Bertz CT molecular complexity index is 1110. The summed E-state index contributed by atoms with van der Waals surface area (Å²) in [5.41, 5.74) is -0.383. The Labute approximate surface area is 223 Å². The molecular formula is C29H32F7NO2. The molecule has 3 nitrogen and oxygen atoms in total. The molecule has 0 aliphatic heterocycles. The highest BCUT2D eigenvalue weighted by molar-refractivity contribution is 5.92. The number of hydrogen-bond donors (Lipinski definition) is 0. The van der Waals surface area contributed by atoms with E-state index in [-0.39, 0.29) is 29.8 Å². The molecule has 2 aromatic carbocycles. The van der Waals surface area contributed by atoms with Gasteiger partial charge in [-0.05, 0) is 79.0 Å². The van der Waals surface area contributed by atoms with E-state index in [2.05, 4.69) is 16.7 Å². The first-order chi connectivity index (χ1) is 18.3. The van der Waals surface area contributed by atoms with Crippen LogP contribution < -0.4 is 0 Å². The largest absolute Gasteiger partial charge is 0.416 e. The van der Waals surface area contributed by atoms with Crippen molar-refractivity contribution in [3.63, 3.8) is 0 Å². The van der Waals surface area contributed by atoms with Gasteiger partial charge in [0.05, 0.1) is 17.7 Å². The molecule has 0 amide bonds. The van der Waals surface area contributed by atoms with Crippen LogP contribution in [0.15, 0.2) is 54.2 Å². The van der Waals surface area contributed by atoms with Crippen molar-refractivity contribution < 1.29 is 40.3 Å². The van der Waals surface area contributed by atoms with Crippen LogP contribution in [0.2, 0.25) is 0 Å². The summed E-state index contributed by atoms with van der Waals surface area (Å²) in [6.45, 7) is 0.712. The van der Waals surface area contributed by atoms with Crippen molar-refractivity contribution in [3.05, 3.63) is 82.3 Å². The second kappa shape index (κ2) is 13.0. The minimum Gasteiger partial charge on any atom is -0.380 e. The first kappa shape index (κ1) is 30.7. The smallest absolute Gasteiger partial charge is 0.380 e. The number of carbonyl (C=O) groups excluding carboxylic acids is 1. The molecule has 0 spiro atoms. The summed E-state index contributed by atoms with van der Waals surface area (Å²) in [7, 11) is 3.29. The van der Waals surface area contributed by atoms with E-state index in [1.165, 1.54) is 37.6 Å². The summed E-state index contributed by atoms with van der Waals surface area (Å²) >= 11 is 0. The van der Waals surface area contributed by atoms with Gasteiger partial charge in [0, 0.05) is 38.9 Å². The molecule has 0 saturated heterocycles. The van der Waals surface area contributed by atoms with Gasteiger partial charge in [-0.2, -0.15) is 26.3 Å². The van der Waals surface area contributed by atoms with Crippen molar-refractivity contribution in [1.82, 2.24) is 4.90 Å². The third-order valence-corrected chi connectivity index (χ3v) is 7.06. The molecule has 0 bridgehead atoms. The average Bonchev–Trinajstić information content (AvgIpc) is 3.30. The quantitative estimate of drug-likeness (QED) is 0.335. The Hall–Kier alpha value is -2.88. The standard InChI is InChI=1S/C19H24FNO.C10H8F6O/c1-21(18-9-10-19(22)12-18)13-14-3-2-4-16(11-14)15-5-7-17(20)8-6-15;1-17-5-6-2-7(9(11,12)13)4-8(3-6)10(14,15)16/h5-8,12,14,16H,2-4,9-11,13H2,1H3;2-4H,5H2,1H3. The van der Waals surface area contributed by atoms with Crippen LogP contribution >= 0.6 is 0 Å². The van der Waals surface area contributed by atoms with Gasteiger partial charge < -0.3 is 9.64 Å². The van der Waals surface area contributed by atoms with Crippen molar-refractivity contribution in [2.24, 2.45) is 5.92 Å². The second-order valence-corrected chi connectivity index (χ2v) is 10.1. The number of carbonyl (C=O) groups is 1. The lowest BCUT2D eigenvalue weighted by atomic mass is 9.78. The van der Waals surface area contributed by atoms with Gasteiger partial charge in [0.25, 0.3) is 0 Å². The summed E-state index contributed by atoms with van der Waals surface area (Å²) in [6, 6.07) is 8.37. The maximum absolute atomic E-state index is 13.1. The molecule has 2 aliphatic rings. The number of rotatable bonds is 6. The number of halogens is 7. The molecule has 39 heavy (non-hydrogen) atoms. The lowest BCUT2D eigenvalue weighted by molar-refractivity contribution is -0.143. The Morgan fingerprint density at radius 3 is 2.05 bits per heavy atom. The summed E-state index contributed by atoms with van der Waals surface area (Å²) in [5.74, 6) is 1.31. The number of ketones is 1. The number of nitrogens with zero attached hydrogens (tertiary/aromatic N) is 1. The highest BCUT2D eigenvalue weighted by atomic mass is 19.4. The zero-order chi connectivity index (χ0) is 28.8. The lowest BCUT2D eigenvalue weighted by Crippen LogP contribution is -2.28. The van der Waals surface area contributed by atoms with Gasteiger partial charge in [0.1, 0.15) is 5.82 Å². The molecule has 2 atom stereocenters. The van der Waals surface area contributed by atoms with Crippen molar-refractivity contribution >= 4 is 5.78 Å². The normalized spacial score (nSPS) is 19.8. The molecule has 2 aromatic rings. The van der Waals surface area contributed by atoms with Gasteiger partial charge in [-0.15, -0.1) is 0 Å². The minimum atomic E-state index is -4.82. The molecule has 1 saturated carbocycles. The monoisotopic (exact) mass is 559 g/mol. The van der Waals surface area contributed by atoms with E-state index in [0.29, 0.717) is 30.4 Å². The molecule has 214 valence electrons. The molecule has 2 aliphatic carbocycles. The van der Waals surface area contributed by atoms with E-state index in [0.717, 1.165) is 19.4 Å². The van der Waals surface area contributed by atoms with E-state index in [4.69, 9.17) is 0 Å². The third-order valence-electron chi connectivity index (χ3n) is 7.06. The molecule has 2 unspecified atom stereocenters. The first-order valence-electron chi connectivity index (χ1n) is 12.7. The molecule has 1 fully saturated rings. The van der Waals surface area contributed by atoms with E-state index in [1.807, 2.05) is 12.1 Å². The van der Waals surface area contributed by atoms with E-state index in [9.17, 15) is 35.5 Å². The summed E-state index contributed by atoms with van der Waals surface area (Å²) < 4.78 is 91.8. The van der Waals surface area contributed by atoms with Crippen LogP contribution in [-0.4, -0.2) is 31.4 Å². The van der Waals surface area contributed by atoms with E-state index in [1.54, 1.807) is 18.2 Å². The van der Waals surface area contributed by atoms with Gasteiger partial charge >= 0.3 is 12.4 Å². The predicted octanol–water partition coefficient (Wildman–Crippen LogP) is 8.15. The van der Waals surface area contributed by atoms with Crippen molar-refractivity contribution in [2.45, 2.75) is 63.4 Å². The molecule has 0 N–H and O–H groups in total. The molecule has 4 rings (SSSR count). The molecular weight excluding hydrogens is 527 g/mol. The van der Waals surface area contributed by atoms with Crippen molar-refractivity contribution in [3.8, 4) is 0 Å². The fraction of sp³-hybridized carbons (Fsp3) is 0.483. The SMILES string of the molecule is CN(CC1CCCC(c2ccc(F)cc2)C1)C1=CC(=O)CC1.COCc1cc(C(F)(F)F)cc(C(F)(F)F)c1. The van der Waals surface area contributed by atoms with E-state index < -0.39 is 23.5 Å². The third kappa shape index (κ3) is 9.08. The predicted molar refractivity (Wildman–Crippen MR) is 133 cm³/mol. The van der Waals surface area contributed by atoms with Gasteiger partial charge in [0.15, 0.2) is 5.78 Å². The number of alkyl halides is 6. The van der Waals surface area contributed by atoms with Gasteiger partial charge in [0.2, 0.25) is 0 Å². The minimum absolute atomic E-state index is 0.0825. The zero-order valence-electron chi connectivity index (χ0n) is 21.8. The maximum atomic E-state index is 13.1. The summed E-state index contributed by atoms with van der Waals surface area (Å²) in [5, 5.41) is 0. The number of benzene rings is 2. The van der Waals surface area contributed by atoms with Crippen molar-refractivity contribution in [2.75, 3.05) is 20.7 Å². The summed E-state index contributed by atoms with van der Waals surface area (Å²) in [4.78, 5) is 13.6. The topological polar surface area (TPSA) is 29.5 Å². The Balaban J connectivity index is 0.000000224. The average molecular weight is 560 g/mol. The highest BCUT2D eigenvalue weighted by Gasteiger charge is 2.36. The second-order valence-electron chi connectivity index (χ2n) is 10.1. The number of ether oxygens (including phenoxy) is 1. The van der Waals surface area contributed by atoms with Gasteiger partial charge in [-0.25, -0.2) is 4.39 Å². The van der Waals surface area contributed by atoms with Crippen LogP contribution in [0.4, 0.5) is 30.7 Å². The highest BCUT2D eigenvalue weighted by Crippen LogP contribution is 2.38. The van der Waals surface area contributed by atoms with Gasteiger partial charge in [-0.1, -0.05) is 18.6 Å². The van der Waals surface area contributed by atoms with Crippen molar-refractivity contribution in [1.29, 1.82) is 0 Å². The van der Waals surface area contributed by atoms with Crippen LogP contribution in [-0.2, 0) is 28.5 Å². The Kier molecular flexibility index (Phi) is 10.2. The van der Waals surface area contributed by atoms with E-state index >= 15 is 0 Å². The van der Waals surface area contributed by atoms with Gasteiger partial charge in [-0.3, -0.25) is 4.79 Å². The maximum Gasteiger partial charge on any atom is 0.416 e. The zero-order valence-corrected chi connectivity index (χ0v) is 21.8. The summed E-state index contributed by atoms with van der Waals surface area (Å²) in [6.07, 6.45) is -1.41. The van der Waals surface area contributed by atoms with Crippen LogP contribution in [0.5, 0.6) is 0 Å². The number of hydrogen-bond acceptors (Lipinski definition) is 3. The fourth-order valence-corrected chi connectivity index (χ4v) is 5.15. The molecule has 10 heteroatoms. The Morgan fingerprint density at radius 2 is 1.54 bits per heavy atom. The molecule has 0 aromatic heterocycles. The Morgan fingerprint density at radius 1 is 0.923 bits per heavy atom. The van der Waals surface area contributed by atoms with Crippen LogP contribution in [0.25, 0.3) is 0 Å². The van der Waals surface area contributed by atoms with Crippen LogP contribution in [0.1, 0.15) is 66.7 Å². The lowest BCUT2D eigenvalue weighted by Gasteiger charge is -2.33.